The smallest absolute Gasteiger partial charge is 0.171 e. The highest BCUT2D eigenvalue weighted by atomic mass is 79.9. The molecule has 0 aliphatic carbocycles. The normalized spacial score (nSPS) is 14.9. The SMILES string of the molecule is S=C(NCc1ccc(CN2CCCCC2)cc1)Nc1cccc(Br)c1. The van der Waals surface area contributed by atoms with Gasteiger partial charge in [0.1, 0.15) is 0 Å². The van der Waals surface area contributed by atoms with Gasteiger partial charge in [0.2, 0.25) is 0 Å². The first-order chi connectivity index (χ1) is 12.2. The van der Waals surface area contributed by atoms with Gasteiger partial charge in [-0.15, -0.1) is 0 Å². The Hall–Kier alpha value is -1.43. The summed E-state index contributed by atoms with van der Waals surface area (Å²) in [5.74, 6) is 0. The van der Waals surface area contributed by atoms with Crippen molar-refractivity contribution >= 4 is 38.9 Å². The Kier molecular flexibility index (Phi) is 6.84. The first-order valence-corrected chi connectivity index (χ1v) is 10.00. The molecule has 132 valence electrons. The highest BCUT2D eigenvalue weighted by Gasteiger charge is 2.10. The summed E-state index contributed by atoms with van der Waals surface area (Å²) in [6.45, 7) is 4.26. The average Bonchev–Trinajstić information content (AvgIpc) is 2.62. The van der Waals surface area contributed by atoms with Crippen LogP contribution < -0.4 is 10.6 Å². The second-order valence-electron chi connectivity index (χ2n) is 6.47. The van der Waals surface area contributed by atoms with Gasteiger partial charge >= 0.3 is 0 Å². The van der Waals surface area contributed by atoms with Crippen LogP contribution in [0.4, 0.5) is 5.69 Å². The molecule has 0 bridgehead atoms. The minimum atomic E-state index is 0.635. The molecule has 5 heteroatoms. The quantitative estimate of drug-likeness (QED) is 0.674. The van der Waals surface area contributed by atoms with E-state index in [2.05, 4.69) is 55.7 Å². The fourth-order valence-electron chi connectivity index (χ4n) is 3.06. The van der Waals surface area contributed by atoms with Gasteiger partial charge in [-0.25, -0.2) is 0 Å². The fourth-order valence-corrected chi connectivity index (χ4v) is 3.65. The van der Waals surface area contributed by atoms with Crippen LogP contribution in [0, 0.1) is 0 Å². The fraction of sp³-hybridized carbons (Fsp3) is 0.350. The third-order valence-electron chi connectivity index (χ3n) is 4.41. The van der Waals surface area contributed by atoms with Crippen LogP contribution in [0.3, 0.4) is 0 Å². The van der Waals surface area contributed by atoms with E-state index in [9.17, 15) is 0 Å². The summed E-state index contributed by atoms with van der Waals surface area (Å²) in [5.41, 5.74) is 3.60. The number of hydrogen-bond donors (Lipinski definition) is 2. The number of rotatable bonds is 5. The van der Waals surface area contributed by atoms with E-state index < -0.39 is 0 Å². The maximum Gasteiger partial charge on any atom is 0.171 e. The molecule has 25 heavy (non-hydrogen) atoms. The number of likely N-dealkylation sites (tertiary alicyclic amines) is 1. The standard InChI is InChI=1S/C20H24BrN3S/c21-18-5-4-6-19(13-18)23-20(25)22-14-16-7-9-17(10-8-16)15-24-11-2-1-3-12-24/h4-10,13H,1-3,11-12,14-15H2,(H2,22,23,25). The van der Waals surface area contributed by atoms with Crippen molar-refractivity contribution in [3.05, 3.63) is 64.1 Å². The minimum Gasteiger partial charge on any atom is -0.358 e. The van der Waals surface area contributed by atoms with Crippen LogP contribution >= 0.6 is 28.1 Å². The van der Waals surface area contributed by atoms with E-state index in [1.165, 1.54) is 43.5 Å². The molecule has 1 saturated heterocycles. The van der Waals surface area contributed by atoms with E-state index in [1.54, 1.807) is 0 Å². The number of nitrogens with one attached hydrogen (secondary N) is 2. The Labute approximate surface area is 163 Å². The van der Waals surface area contributed by atoms with Crippen molar-refractivity contribution in [3.8, 4) is 0 Å². The Morgan fingerprint density at radius 2 is 1.72 bits per heavy atom. The predicted molar refractivity (Wildman–Crippen MR) is 113 cm³/mol. The summed E-state index contributed by atoms with van der Waals surface area (Å²) in [4.78, 5) is 2.55. The molecule has 3 rings (SSSR count). The van der Waals surface area contributed by atoms with Gasteiger partial charge in [-0.1, -0.05) is 52.7 Å². The molecule has 2 aromatic rings. The zero-order valence-corrected chi connectivity index (χ0v) is 16.7. The van der Waals surface area contributed by atoms with Crippen molar-refractivity contribution < 1.29 is 0 Å². The third kappa shape index (κ3) is 6.10. The van der Waals surface area contributed by atoms with E-state index in [0.717, 1.165) is 23.2 Å². The molecule has 0 radical (unpaired) electrons. The Morgan fingerprint density at radius 3 is 2.44 bits per heavy atom. The Balaban J connectivity index is 1.45. The van der Waals surface area contributed by atoms with E-state index in [1.807, 2.05) is 24.3 Å². The van der Waals surface area contributed by atoms with Crippen LogP contribution in [0.1, 0.15) is 30.4 Å². The summed E-state index contributed by atoms with van der Waals surface area (Å²) in [6, 6.07) is 16.8. The van der Waals surface area contributed by atoms with Gasteiger partial charge in [0, 0.05) is 23.2 Å². The van der Waals surface area contributed by atoms with Gasteiger partial charge in [-0.2, -0.15) is 0 Å². The lowest BCUT2D eigenvalue weighted by Crippen LogP contribution is -2.29. The first kappa shape index (κ1) is 18.4. The molecule has 0 saturated carbocycles. The lowest BCUT2D eigenvalue weighted by atomic mass is 10.1. The lowest BCUT2D eigenvalue weighted by Gasteiger charge is -2.26. The van der Waals surface area contributed by atoms with Crippen molar-refractivity contribution in [1.29, 1.82) is 0 Å². The van der Waals surface area contributed by atoms with Gasteiger partial charge in [-0.05, 0) is 67.5 Å². The second kappa shape index (κ2) is 9.32. The highest BCUT2D eigenvalue weighted by molar-refractivity contribution is 9.10. The maximum absolute atomic E-state index is 5.37. The Bertz CT molecular complexity index is 696. The molecule has 1 aliphatic heterocycles. The third-order valence-corrected chi connectivity index (χ3v) is 5.15. The largest absolute Gasteiger partial charge is 0.358 e. The lowest BCUT2D eigenvalue weighted by molar-refractivity contribution is 0.221. The molecular formula is C20H24BrN3S. The zero-order chi connectivity index (χ0) is 17.5. The predicted octanol–water partition coefficient (Wildman–Crippen LogP) is 4.92. The molecule has 1 fully saturated rings. The monoisotopic (exact) mass is 417 g/mol. The molecule has 0 spiro atoms. The van der Waals surface area contributed by atoms with Crippen molar-refractivity contribution in [2.24, 2.45) is 0 Å². The number of halogens is 1. The van der Waals surface area contributed by atoms with Gasteiger partial charge in [0.25, 0.3) is 0 Å². The van der Waals surface area contributed by atoms with E-state index in [0.29, 0.717) is 5.11 Å². The van der Waals surface area contributed by atoms with E-state index >= 15 is 0 Å². The molecule has 0 atom stereocenters. The summed E-state index contributed by atoms with van der Waals surface area (Å²) in [6.07, 6.45) is 4.06. The minimum absolute atomic E-state index is 0.635. The molecule has 2 aromatic carbocycles. The molecule has 0 amide bonds. The topological polar surface area (TPSA) is 27.3 Å². The Morgan fingerprint density at radius 1 is 1.00 bits per heavy atom. The van der Waals surface area contributed by atoms with Crippen LogP contribution in [0.25, 0.3) is 0 Å². The number of thiocarbonyl (C=S) groups is 1. The summed E-state index contributed by atoms with van der Waals surface area (Å²) < 4.78 is 1.03. The van der Waals surface area contributed by atoms with Crippen LogP contribution in [-0.4, -0.2) is 23.1 Å². The second-order valence-corrected chi connectivity index (χ2v) is 7.80. The number of anilines is 1. The van der Waals surface area contributed by atoms with Crippen molar-refractivity contribution in [3.63, 3.8) is 0 Å². The maximum atomic E-state index is 5.37. The van der Waals surface area contributed by atoms with Gasteiger partial charge in [-0.3, -0.25) is 4.90 Å². The molecule has 1 aliphatic rings. The number of piperidine rings is 1. The van der Waals surface area contributed by atoms with E-state index in [4.69, 9.17) is 12.2 Å². The van der Waals surface area contributed by atoms with Crippen molar-refractivity contribution in [2.75, 3.05) is 18.4 Å². The summed E-state index contributed by atoms with van der Waals surface area (Å²) in [5, 5.41) is 7.10. The van der Waals surface area contributed by atoms with Crippen LogP contribution in [0.5, 0.6) is 0 Å². The van der Waals surface area contributed by atoms with Crippen molar-refractivity contribution in [1.82, 2.24) is 10.2 Å². The highest BCUT2D eigenvalue weighted by Crippen LogP contribution is 2.16. The molecular weight excluding hydrogens is 394 g/mol. The molecule has 0 unspecified atom stereocenters. The van der Waals surface area contributed by atoms with E-state index in [-0.39, 0.29) is 0 Å². The number of hydrogen-bond acceptors (Lipinski definition) is 2. The van der Waals surface area contributed by atoms with Gasteiger partial charge < -0.3 is 10.6 Å². The average molecular weight is 418 g/mol. The van der Waals surface area contributed by atoms with Crippen molar-refractivity contribution in [2.45, 2.75) is 32.4 Å². The summed E-state index contributed by atoms with van der Waals surface area (Å²) in [7, 11) is 0. The van der Waals surface area contributed by atoms with Crippen LogP contribution in [0.15, 0.2) is 53.0 Å². The molecule has 1 heterocycles. The molecule has 2 N–H and O–H groups in total. The number of benzene rings is 2. The summed E-state index contributed by atoms with van der Waals surface area (Å²) >= 11 is 8.83. The molecule has 0 aromatic heterocycles. The van der Waals surface area contributed by atoms with Gasteiger partial charge in [0.05, 0.1) is 0 Å². The van der Waals surface area contributed by atoms with Crippen LogP contribution in [0.2, 0.25) is 0 Å². The van der Waals surface area contributed by atoms with Crippen LogP contribution in [-0.2, 0) is 13.1 Å². The van der Waals surface area contributed by atoms with Gasteiger partial charge in [0.15, 0.2) is 5.11 Å². The zero-order valence-electron chi connectivity index (χ0n) is 14.3. The molecule has 3 nitrogen and oxygen atoms in total. The first-order valence-electron chi connectivity index (χ1n) is 8.80. The number of nitrogens with zero attached hydrogens (tertiary/aromatic N) is 1.